The maximum Gasteiger partial charge on any atom is 0.326 e. The van der Waals surface area contributed by atoms with Crippen LogP contribution in [0.3, 0.4) is 0 Å². The highest BCUT2D eigenvalue weighted by atomic mass is 32.1. The van der Waals surface area contributed by atoms with Gasteiger partial charge in [-0.25, -0.2) is 4.79 Å². The van der Waals surface area contributed by atoms with Gasteiger partial charge in [-0.1, -0.05) is 20.8 Å². The maximum absolute atomic E-state index is 12.4. The van der Waals surface area contributed by atoms with Crippen molar-refractivity contribution in [2.75, 3.05) is 0 Å². The van der Waals surface area contributed by atoms with Crippen LogP contribution in [0.25, 0.3) is 0 Å². The molecule has 1 aliphatic rings. The predicted octanol–water partition coefficient (Wildman–Crippen LogP) is 3.10. The van der Waals surface area contributed by atoms with Crippen LogP contribution in [-0.2, 0) is 17.6 Å². The summed E-state index contributed by atoms with van der Waals surface area (Å²) in [6.07, 6.45) is 3.50. The first-order chi connectivity index (χ1) is 9.88. The largest absolute Gasteiger partial charge is 0.480 e. The molecule has 2 rings (SSSR count). The van der Waals surface area contributed by atoms with Crippen LogP contribution in [0.15, 0.2) is 5.38 Å². The predicted molar refractivity (Wildman–Crippen MR) is 83.9 cm³/mol. The minimum Gasteiger partial charge on any atom is -0.480 e. The van der Waals surface area contributed by atoms with E-state index in [9.17, 15) is 14.7 Å². The van der Waals surface area contributed by atoms with Crippen molar-refractivity contribution < 1.29 is 14.7 Å². The second-order valence-electron chi connectivity index (χ2n) is 6.39. The van der Waals surface area contributed by atoms with Crippen molar-refractivity contribution in [2.45, 2.75) is 52.5 Å². The number of carboxylic acids is 1. The lowest BCUT2D eigenvalue weighted by molar-refractivity contribution is -0.139. The minimum atomic E-state index is -0.963. The van der Waals surface area contributed by atoms with Gasteiger partial charge in [0.25, 0.3) is 5.91 Å². The summed E-state index contributed by atoms with van der Waals surface area (Å²) in [5.41, 5.74) is 1.81. The molecule has 1 amide bonds. The Labute approximate surface area is 129 Å². The van der Waals surface area contributed by atoms with Crippen molar-refractivity contribution >= 4 is 23.2 Å². The van der Waals surface area contributed by atoms with Crippen molar-refractivity contribution in [1.82, 2.24) is 5.32 Å². The monoisotopic (exact) mass is 309 g/mol. The number of hydrogen-bond acceptors (Lipinski definition) is 3. The number of nitrogens with one attached hydrogen (secondary N) is 1. The summed E-state index contributed by atoms with van der Waals surface area (Å²) < 4.78 is 0. The zero-order valence-electron chi connectivity index (χ0n) is 12.8. The summed E-state index contributed by atoms with van der Waals surface area (Å²) in [4.78, 5) is 24.9. The first kappa shape index (κ1) is 16.0. The third-order valence-electron chi connectivity index (χ3n) is 3.96. The lowest BCUT2D eigenvalue weighted by atomic mass is 9.88. The van der Waals surface area contributed by atoms with Crippen molar-refractivity contribution in [2.24, 2.45) is 11.8 Å². The zero-order chi connectivity index (χ0) is 15.6. The second-order valence-corrected chi connectivity index (χ2v) is 7.36. The molecule has 0 aliphatic heterocycles. The average molecular weight is 309 g/mol. The number of carbonyl (C=O) groups excluding carboxylic acids is 1. The molecule has 21 heavy (non-hydrogen) atoms. The van der Waals surface area contributed by atoms with Gasteiger partial charge in [-0.3, -0.25) is 4.79 Å². The number of thiophene rings is 1. The fourth-order valence-corrected chi connectivity index (χ4v) is 4.04. The Hall–Kier alpha value is -1.36. The standard InChI is InChI=1S/C16H23NO3S/c1-9(2)6-13(16(19)20)17-15(18)12-8-21-14-7-10(3)4-5-11(12)14/h8-10,13H,4-7H2,1-3H3,(H,17,18)(H,19,20)/t10-,13-/m1/s1. The van der Waals surface area contributed by atoms with Crippen molar-refractivity contribution in [3.05, 3.63) is 21.4 Å². The molecular formula is C16H23NO3S. The Bertz CT molecular complexity index is 536. The highest BCUT2D eigenvalue weighted by Gasteiger charge is 2.26. The van der Waals surface area contributed by atoms with E-state index in [4.69, 9.17) is 0 Å². The number of amides is 1. The van der Waals surface area contributed by atoms with Crippen LogP contribution >= 0.6 is 11.3 Å². The summed E-state index contributed by atoms with van der Waals surface area (Å²) in [6.45, 7) is 6.14. The van der Waals surface area contributed by atoms with E-state index in [0.29, 0.717) is 17.9 Å². The highest BCUT2D eigenvalue weighted by Crippen LogP contribution is 2.32. The summed E-state index contributed by atoms with van der Waals surface area (Å²) in [5.74, 6) is -0.312. The molecule has 0 radical (unpaired) electrons. The fourth-order valence-electron chi connectivity index (χ4n) is 2.80. The quantitative estimate of drug-likeness (QED) is 0.878. The summed E-state index contributed by atoms with van der Waals surface area (Å²) in [6, 6.07) is -0.810. The van der Waals surface area contributed by atoms with E-state index in [2.05, 4.69) is 12.2 Å². The molecule has 1 heterocycles. The summed E-state index contributed by atoms with van der Waals surface area (Å²) in [7, 11) is 0. The lowest BCUT2D eigenvalue weighted by Crippen LogP contribution is -2.41. The Kier molecular flexibility index (Phi) is 5.04. The van der Waals surface area contributed by atoms with Crippen LogP contribution in [0.2, 0.25) is 0 Å². The van der Waals surface area contributed by atoms with Crippen LogP contribution < -0.4 is 5.32 Å². The van der Waals surface area contributed by atoms with E-state index >= 15 is 0 Å². The van der Waals surface area contributed by atoms with E-state index in [1.165, 1.54) is 4.88 Å². The summed E-state index contributed by atoms with van der Waals surface area (Å²) >= 11 is 1.63. The first-order valence-corrected chi connectivity index (χ1v) is 8.39. The topological polar surface area (TPSA) is 66.4 Å². The van der Waals surface area contributed by atoms with Crippen LogP contribution in [0.4, 0.5) is 0 Å². The molecule has 1 aromatic rings. The molecular weight excluding hydrogens is 286 g/mol. The number of carboxylic acid groups (broad SMARTS) is 1. The van der Waals surface area contributed by atoms with Gasteiger partial charge in [0.1, 0.15) is 6.04 Å². The summed E-state index contributed by atoms with van der Waals surface area (Å²) in [5, 5.41) is 13.8. The Morgan fingerprint density at radius 1 is 1.48 bits per heavy atom. The molecule has 5 heteroatoms. The van der Waals surface area contributed by atoms with Crippen molar-refractivity contribution in [3.63, 3.8) is 0 Å². The van der Waals surface area contributed by atoms with Gasteiger partial charge in [0.2, 0.25) is 0 Å². The number of hydrogen-bond donors (Lipinski definition) is 2. The molecule has 0 saturated carbocycles. The third-order valence-corrected chi connectivity index (χ3v) is 5.01. The van der Waals surface area contributed by atoms with Crippen LogP contribution in [0.5, 0.6) is 0 Å². The SMILES string of the molecule is CC(C)C[C@@H](NC(=O)c1csc2c1CC[C@@H](C)C2)C(=O)O. The number of carbonyl (C=O) groups is 2. The van der Waals surface area contributed by atoms with E-state index in [0.717, 1.165) is 24.8 Å². The fraction of sp³-hybridized carbons (Fsp3) is 0.625. The Morgan fingerprint density at radius 2 is 2.19 bits per heavy atom. The first-order valence-electron chi connectivity index (χ1n) is 7.51. The Morgan fingerprint density at radius 3 is 2.81 bits per heavy atom. The molecule has 2 atom stereocenters. The molecule has 4 nitrogen and oxygen atoms in total. The van der Waals surface area contributed by atoms with Crippen LogP contribution in [0.1, 0.15) is 54.4 Å². The van der Waals surface area contributed by atoms with Gasteiger partial charge >= 0.3 is 5.97 Å². The van der Waals surface area contributed by atoms with Gasteiger partial charge < -0.3 is 10.4 Å². The molecule has 0 saturated heterocycles. The molecule has 116 valence electrons. The average Bonchev–Trinajstić information content (AvgIpc) is 2.80. The van der Waals surface area contributed by atoms with Gasteiger partial charge in [0, 0.05) is 10.3 Å². The molecule has 0 aromatic carbocycles. The molecule has 0 spiro atoms. The molecule has 1 aliphatic carbocycles. The second kappa shape index (κ2) is 6.60. The number of aliphatic carboxylic acids is 1. The van der Waals surface area contributed by atoms with E-state index < -0.39 is 12.0 Å². The normalized spacial score (nSPS) is 19.1. The molecule has 0 fully saturated rings. The van der Waals surface area contributed by atoms with E-state index in [-0.39, 0.29) is 11.8 Å². The maximum atomic E-state index is 12.4. The number of fused-ring (bicyclic) bond motifs is 1. The van der Waals surface area contributed by atoms with Gasteiger partial charge in [0.15, 0.2) is 0 Å². The van der Waals surface area contributed by atoms with Crippen LogP contribution in [0, 0.1) is 11.8 Å². The van der Waals surface area contributed by atoms with Crippen LogP contribution in [-0.4, -0.2) is 23.0 Å². The van der Waals surface area contributed by atoms with Gasteiger partial charge in [-0.15, -0.1) is 11.3 Å². The molecule has 0 bridgehead atoms. The van der Waals surface area contributed by atoms with Crippen molar-refractivity contribution in [3.8, 4) is 0 Å². The number of rotatable bonds is 5. The van der Waals surface area contributed by atoms with Gasteiger partial charge in [-0.05, 0) is 43.1 Å². The van der Waals surface area contributed by atoms with E-state index in [1.807, 2.05) is 19.2 Å². The molecule has 2 N–H and O–H groups in total. The van der Waals surface area contributed by atoms with Gasteiger partial charge in [-0.2, -0.15) is 0 Å². The van der Waals surface area contributed by atoms with E-state index in [1.54, 1.807) is 11.3 Å². The Balaban J connectivity index is 2.11. The third kappa shape index (κ3) is 3.84. The minimum absolute atomic E-state index is 0.226. The molecule has 0 unspecified atom stereocenters. The smallest absolute Gasteiger partial charge is 0.326 e. The van der Waals surface area contributed by atoms with Gasteiger partial charge in [0.05, 0.1) is 5.56 Å². The van der Waals surface area contributed by atoms with Crippen molar-refractivity contribution in [1.29, 1.82) is 0 Å². The zero-order valence-corrected chi connectivity index (χ0v) is 13.6. The lowest BCUT2D eigenvalue weighted by Gasteiger charge is -2.20. The highest BCUT2D eigenvalue weighted by molar-refractivity contribution is 7.10. The molecule has 1 aromatic heterocycles.